The minimum Gasteiger partial charge on any atom is -0.347 e. The largest absolute Gasteiger partial charge is 0.347 e. The Labute approximate surface area is 114 Å². The Balaban J connectivity index is 1.53. The number of piperidine rings is 1. The Morgan fingerprint density at radius 2 is 1.95 bits per heavy atom. The van der Waals surface area contributed by atoms with Crippen LogP contribution >= 0.6 is 0 Å². The van der Waals surface area contributed by atoms with Crippen LogP contribution in [0.2, 0.25) is 0 Å². The monoisotopic (exact) mass is 262 g/mol. The molecule has 2 aliphatic heterocycles. The Bertz CT molecular complexity index is 402. The highest BCUT2D eigenvalue weighted by Gasteiger charge is 2.43. The van der Waals surface area contributed by atoms with Crippen LogP contribution in [-0.4, -0.2) is 43.0 Å². The van der Waals surface area contributed by atoms with Crippen molar-refractivity contribution in [1.82, 2.24) is 4.90 Å². The van der Waals surface area contributed by atoms with Crippen molar-refractivity contribution in [2.75, 3.05) is 26.2 Å². The van der Waals surface area contributed by atoms with Gasteiger partial charge < -0.3 is 15.2 Å². The molecule has 4 nitrogen and oxygen atoms in total. The van der Waals surface area contributed by atoms with Crippen molar-refractivity contribution in [1.29, 1.82) is 0 Å². The first kappa shape index (κ1) is 13.1. The van der Waals surface area contributed by atoms with Gasteiger partial charge in [-0.05, 0) is 5.56 Å². The van der Waals surface area contributed by atoms with Crippen molar-refractivity contribution in [3.8, 4) is 0 Å². The lowest BCUT2D eigenvalue weighted by Gasteiger charge is -2.38. The highest BCUT2D eigenvalue weighted by atomic mass is 16.7. The van der Waals surface area contributed by atoms with Crippen LogP contribution in [0.1, 0.15) is 18.4 Å². The van der Waals surface area contributed by atoms with Gasteiger partial charge in [0.15, 0.2) is 5.79 Å². The summed E-state index contributed by atoms with van der Waals surface area (Å²) in [5, 5.41) is 0. The van der Waals surface area contributed by atoms with Gasteiger partial charge in [0.1, 0.15) is 0 Å². The first-order valence-electron chi connectivity index (χ1n) is 7.08. The number of benzene rings is 1. The van der Waals surface area contributed by atoms with Gasteiger partial charge in [-0.3, -0.25) is 4.90 Å². The number of nitrogens with two attached hydrogens (primary N) is 1. The fourth-order valence-corrected chi connectivity index (χ4v) is 2.89. The molecule has 2 aliphatic rings. The van der Waals surface area contributed by atoms with E-state index < -0.39 is 0 Å². The first-order chi connectivity index (χ1) is 9.30. The molecule has 0 bridgehead atoms. The third-order valence-corrected chi connectivity index (χ3v) is 4.04. The minimum atomic E-state index is -0.350. The van der Waals surface area contributed by atoms with E-state index in [1.807, 2.05) is 0 Å². The summed E-state index contributed by atoms with van der Waals surface area (Å²) in [6.45, 7) is 4.25. The molecule has 0 aliphatic carbocycles. The summed E-state index contributed by atoms with van der Waals surface area (Å²) in [6.07, 6.45) is 1.97. The van der Waals surface area contributed by atoms with Crippen LogP contribution in [-0.2, 0) is 16.0 Å². The van der Waals surface area contributed by atoms with Gasteiger partial charge in [-0.2, -0.15) is 0 Å². The molecule has 2 fully saturated rings. The fourth-order valence-electron chi connectivity index (χ4n) is 2.89. The molecular weight excluding hydrogens is 240 g/mol. The van der Waals surface area contributed by atoms with Crippen LogP contribution in [0.3, 0.4) is 0 Å². The van der Waals surface area contributed by atoms with Gasteiger partial charge in [0.25, 0.3) is 0 Å². The average molecular weight is 262 g/mol. The predicted octanol–water partition coefficient (Wildman–Crippen LogP) is 1.35. The topological polar surface area (TPSA) is 47.7 Å². The summed E-state index contributed by atoms with van der Waals surface area (Å²) in [4.78, 5) is 2.46. The summed E-state index contributed by atoms with van der Waals surface area (Å²) >= 11 is 0. The van der Waals surface area contributed by atoms with Crippen molar-refractivity contribution in [3.05, 3.63) is 35.9 Å². The lowest BCUT2D eigenvalue weighted by atomic mass is 10.0. The van der Waals surface area contributed by atoms with Gasteiger partial charge in [-0.15, -0.1) is 0 Å². The van der Waals surface area contributed by atoms with Crippen molar-refractivity contribution >= 4 is 0 Å². The molecule has 3 rings (SSSR count). The zero-order chi connectivity index (χ0) is 13.1. The smallest absolute Gasteiger partial charge is 0.171 e. The normalized spacial score (nSPS) is 26.9. The molecule has 2 saturated heterocycles. The van der Waals surface area contributed by atoms with Crippen LogP contribution in [0.4, 0.5) is 0 Å². The second-order valence-electron chi connectivity index (χ2n) is 5.46. The molecule has 2 heterocycles. The van der Waals surface area contributed by atoms with E-state index in [1.54, 1.807) is 0 Å². The highest BCUT2D eigenvalue weighted by Crippen LogP contribution is 2.34. The lowest BCUT2D eigenvalue weighted by molar-refractivity contribution is -0.194. The van der Waals surface area contributed by atoms with Gasteiger partial charge in [0, 0.05) is 39.0 Å². The Morgan fingerprint density at radius 3 is 2.58 bits per heavy atom. The van der Waals surface area contributed by atoms with Gasteiger partial charge in [0.2, 0.25) is 0 Å². The van der Waals surface area contributed by atoms with E-state index in [0.717, 1.165) is 32.5 Å². The number of ether oxygens (including phenoxy) is 2. The van der Waals surface area contributed by atoms with Crippen LogP contribution in [0.15, 0.2) is 30.3 Å². The fraction of sp³-hybridized carbons (Fsp3) is 0.600. The molecule has 2 N–H and O–H groups in total. The van der Waals surface area contributed by atoms with E-state index in [-0.39, 0.29) is 11.9 Å². The molecule has 1 unspecified atom stereocenters. The van der Waals surface area contributed by atoms with Crippen molar-refractivity contribution in [2.45, 2.75) is 31.3 Å². The maximum absolute atomic E-state index is 5.96. The second-order valence-corrected chi connectivity index (χ2v) is 5.46. The maximum atomic E-state index is 5.96. The Hall–Kier alpha value is -0.940. The summed E-state index contributed by atoms with van der Waals surface area (Å²) < 4.78 is 11.8. The van der Waals surface area contributed by atoms with E-state index in [4.69, 9.17) is 15.2 Å². The highest BCUT2D eigenvalue weighted by molar-refractivity contribution is 5.14. The van der Waals surface area contributed by atoms with Gasteiger partial charge in [-0.25, -0.2) is 0 Å². The van der Waals surface area contributed by atoms with E-state index >= 15 is 0 Å². The van der Waals surface area contributed by atoms with Gasteiger partial charge >= 0.3 is 0 Å². The predicted molar refractivity (Wildman–Crippen MR) is 73.6 cm³/mol. The molecule has 1 spiro atoms. The average Bonchev–Trinajstić information content (AvgIpc) is 2.86. The Morgan fingerprint density at radius 1 is 1.21 bits per heavy atom. The molecule has 0 saturated carbocycles. The molecule has 0 aromatic heterocycles. The van der Waals surface area contributed by atoms with Crippen molar-refractivity contribution in [2.24, 2.45) is 5.73 Å². The SMILES string of the molecule is NCC1COC2(CCN(Cc3ccccc3)CC2)O1. The minimum absolute atomic E-state index is 0.0840. The van der Waals surface area contributed by atoms with E-state index in [9.17, 15) is 0 Å². The third kappa shape index (κ3) is 2.98. The van der Waals surface area contributed by atoms with Crippen molar-refractivity contribution < 1.29 is 9.47 Å². The lowest BCUT2D eigenvalue weighted by Crippen LogP contribution is -2.45. The van der Waals surface area contributed by atoms with Crippen LogP contribution < -0.4 is 5.73 Å². The summed E-state index contributed by atoms with van der Waals surface area (Å²) in [7, 11) is 0. The Kier molecular flexibility index (Phi) is 3.84. The van der Waals surface area contributed by atoms with Crippen molar-refractivity contribution in [3.63, 3.8) is 0 Å². The molecule has 1 aromatic carbocycles. The van der Waals surface area contributed by atoms with E-state index in [0.29, 0.717) is 13.2 Å². The molecular formula is C15H22N2O2. The van der Waals surface area contributed by atoms with Crippen LogP contribution in [0.5, 0.6) is 0 Å². The molecule has 1 atom stereocenters. The summed E-state index contributed by atoms with van der Waals surface area (Å²) in [5.41, 5.74) is 7.01. The first-order valence-corrected chi connectivity index (χ1v) is 7.08. The number of nitrogens with zero attached hydrogens (tertiary/aromatic N) is 1. The number of rotatable bonds is 3. The molecule has 1 aromatic rings. The maximum Gasteiger partial charge on any atom is 0.171 e. The van der Waals surface area contributed by atoms with Gasteiger partial charge in [0.05, 0.1) is 12.7 Å². The van der Waals surface area contributed by atoms with E-state index in [2.05, 4.69) is 35.2 Å². The van der Waals surface area contributed by atoms with Crippen LogP contribution in [0.25, 0.3) is 0 Å². The zero-order valence-electron chi connectivity index (χ0n) is 11.3. The number of hydrogen-bond acceptors (Lipinski definition) is 4. The molecule has 0 amide bonds. The number of hydrogen-bond donors (Lipinski definition) is 1. The van der Waals surface area contributed by atoms with Crippen LogP contribution in [0, 0.1) is 0 Å². The number of likely N-dealkylation sites (tertiary alicyclic amines) is 1. The second kappa shape index (κ2) is 5.59. The summed E-state index contributed by atoms with van der Waals surface area (Å²) in [6, 6.07) is 10.6. The molecule has 4 heteroatoms. The molecule has 104 valence electrons. The standard InChI is InChI=1S/C15H22N2O2/c16-10-14-12-18-15(19-14)6-8-17(9-7-15)11-13-4-2-1-3-5-13/h1-5,14H,6-12,16H2. The molecule has 19 heavy (non-hydrogen) atoms. The third-order valence-electron chi connectivity index (χ3n) is 4.04. The molecule has 0 radical (unpaired) electrons. The quantitative estimate of drug-likeness (QED) is 0.893. The van der Waals surface area contributed by atoms with Gasteiger partial charge in [-0.1, -0.05) is 30.3 Å². The summed E-state index contributed by atoms with van der Waals surface area (Å²) in [5.74, 6) is -0.350. The van der Waals surface area contributed by atoms with E-state index in [1.165, 1.54) is 5.56 Å². The zero-order valence-corrected chi connectivity index (χ0v) is 11.3.